The Kier molecular flexibility index (Phi) is 13.5. The van der Waals surface area contributed by atoms with Crippen molar-refractivity contribution in [3.8, 4) is 0 Å². The van der Waals surface area contributed by atoms with Crippen LogP contribution < -0.4 is 16.1 Å². The summed E-state index contributed by atoms with van der Waals surface area (Å²) in [6.45, 7) is 2.72. The van der Waals surface area contributed by atoms with Crippen molar-refractivity contribution in [3.05, 3.63) is 47.5 Å². The summed E-state index contributed by atoms with van der Waals surface area (Å²) in [4.78, 5) is 33.1. The molecule has 0 aliphatic heterocycles. The Hall–Kier alpha value is -2.19. The van der Waals surface area contributed by atoms with Crippen molar-refractivity contribution in [2.75, 3.05) is 13.6 Å². The molecular formula is C23H38N3O4+3. The molecule has 0 spiro atoms. The van der Waals surface area contributed by atoms with Crippen molar-refractivity contribution < 1.29 is 35.7 Å². The molecule has 0 atom stereocenters. The molecule has 3 amide bonds. The molecule has 0 heterocycles. The van der Waals surface area contributed by atoms with Gasteiger partial charge in [-0.05, 0) is 31.2 Å². The number of allylic oxidation sites excluding steroid dienone is 1. The van der Waals surface area contributed by atoms with Gasteiger partial charge in [-0.25, -0.2) is 19.6 Å². The number of carbonyl (C=O) groups is 3. The van der Waals surface area contributed by atoms with Crippen molar-refractivity contribution in [2.24, 2.45) is 5.92 Å². The van der Waals surface area contributed by atoms with Crippen molar-refractivity contribution in [3.63, 3.8) is 0 Å². The molecule has 1 aliphatic rings. The zero-order valence-electron chi connectivity index (χ0n) is 18.3. The van der Waals surface area contributed by atoms with Crippen LogP contribution in [0.3, 0.4) is 0 Å². The molecular weight excluding hydrogens is 382 g/mol. The molecule has 1 aromatic carbocycles. The van der Waals surface area contributed by atoms with Crippen LogP contribution in [0.5, 0.6) is 0 Å². The maximum atomic E-state index is 11.4. The number of nitrogens with two attached hydrogens (primary N) is 3. The van der Waals surface area contributed by atoms with E-state index < -0.39 is 5.91 Å². The molecule has 7 nitrogen and oxygen atoms in total. The van der Waals surface area contributed by atoms with Gasteiger partial charge in [0.25, 0.3) is 0 Å². The second kappa shape index (κ2) is 15.6. The Balaban J connectivity index is 0.000000325. The predicted octanol–water partition coefficient (Wildman–Crippen LogP) is -0.270. The van der Waals surface area contributed by atoms with E-state index in [2.05, 4.69) is 18.2 Å². The van der Waals surface area contributed by atoms with Gasteiger partial charge in [-0.3, -0.25) is 10.6 Å². The first kappa shape index (κ1) is 25.8. The van der Waals surface area contributed by atoms with E-state index in [0.717, 1.165) is 6.42 Å². The van der Waals surface area contributed by atoms with Gasteiger partial charge in [-0.1, -0.05) is 55.2 Å². The van der Waals surface area contributed by atoms with E-state index in [0.29, 0.717) is 17.9 Å². The molecule has 30 heavy (non-hydrogen) atoms. The molecule has 2 rings (SSSR count). The second-order valence-corrected chi connectivity index (χ2v) is 7.74. The molecule has 1 aromatic rings. The van der Waals surface area contributed by atoms with E-state index in [1.54, 1.807) is 23.8 Å². The number of likely N-dealkylation sites (N-methyl/N-ethyl adjacent to an activating group) is 1. The summed E-state index contributed by atoms with van der Waals surface area (Å²) in [6.07, 6.45) is 11.5. The van der Waals surface area contributed by atoms with Gasteiger partial charge in [-0.2, -0.15) is 0 Å². The zero-order valence-corrected chi connectivity index (χ0v) is 18.3. The van der Waals surface area contributed by atoms with Crippen LogP contribution in [-0.4, -0.2) is 36.5 Å². The highest BCUT2D eigenvalue weighted by Gasteiger charge is 2.12. The van der Waals surface area contributed by atoms with E-state index in [4.69, 9.17) is 5.21 Å². The molecule has 0 unspecified atom stereocenters. The average Bonchev–Trinajstić information content (AvgIpc) is 2.78. The van der Waals surface area contributed by atoms with Gasteiger partial charge in [0.15, 0.2) is 0 Å². The minimum absolute atomic E-state index is 0.0442. The number of aryl methyl sites for hydroxylation is 1. The van der Waals surface area contributed by atoms with Crippen LogP contribution in [0.1, 0.15) is 56.1 Å². The predicted molar refractivity (Wildman–Crippen MR) is 113 cm³/mol. The highest BCUT2D eigenvalue weighted by molar-refractivity contribution is 5.78. The lowest BCUT2D eigenvalue weighted by atomic mass is 9.89. The summed E-state index contributed by atoms with van der Waals surface area (Å²) in [5.74, 6) is 0.357. The van der Waals surface area contributed by atoms with Crippen molar-refractivity contribution in [2.45, 2.75) is 58.3 Å². The zero-order chi connectivity index (χ0) is 22.2. The second-order valence-electron chi connectivity index (χ2n) is 7.74. The monoisotopic (exact) mass is 420 g/mol. The Morgan fingerprint density at radius 2 is 1.67 bits per heavy atom. The smallest absolute Gasteiger partial charge is 0.283 e. The number of hydrogen-bond acceptors (Lipinski definition) is 4. The number of amides is 3. The molecule has 0 aromatic heterocycles. The highest BCUT2D eigenvalue weighted by atomic mass is 16.5. The highest BCUT2D eigenvalue weighted by Crippen LogP contribution is 2.24. The lowest BCUT2D eigenvalue weighted by molar-refractivity contribution is -0.815. The van der Waals surface area contributed by atoms with Crippen LogP contribution in [-0.2, 0) is 20.8 Å². The summed E-state index contributed by atoms with van der Waals surface area (Å²) in [5, 5.41) is 11.6. The van der Waals surface area contributed by atoms with Gasteiger partial charge in [0.2, 0.25) is 0 Å². The molecule has 0 saturated heterocycles. The topological polar surface area (TPSA) is 121 Å². The van der Waals surface area contributed by atoms with Crippen molar-refractivity contribution in [1.82, 2.24) is 0 Å². The molecule has 1 saturated carbocycles. The third-order valence-electron chi connectivity index (χ3n) is 5.15. The summed E-state index contributed by atoms with van der Waals surface area (Å²) >= 11 is 0. The molecule has 0 radical (unpaired) electrons. The Bertz CT molecular complexity index is 680. The van der Waals surface area contributed by atoms with Gasteiger partial charge in [0, 0.05) is 12.5 Å². The first-order valence-electron chi connectivity index (χ1n) is 10.9. The van der Waals surface area contributed by atoms with Crippen LogP contribution >= 0.6 is 0 Å². The van der Waals surface area contributed by atoms with Crippen molar-refractivity contribution in [1.29, 1.82) is 0 Å². The summed E-state index contributed by atoms with van der Waals surface area (Å²) in [6, 6.07) is 8.20. The van der Waals surface area contributed by atoms with Gasteiger partial charge in [0.1, 0.15) is 0 Å². The molecule has 1 fully saturated rings. The summed E-state index contributed by atoms with van der Waals surface area (Å²) < 4.78 is 0. The number of primary amides is 3. The van der Waals surface area contributed by atoms with Gasteiger partial charge < -0.3 is 0 Å². The van der Waals surface area contributed by atoms with Crippen molar-refractivity contribution >= 4 is 17.7 Å². The standard InChI is InChI=1S/C13H18N2O3.C10H17NO/c1-10-2-4-11(5-3-10)8-9-14-12(16)6-7-13(17)15-18;1-11-10(12)8-7-9-5-3-2-4-6-9/h2-5,18H,6-9H2,1H3,(H,14,16)(H,15,17);7-9H,2-6H2,1H3,(H,11,12)/p+3/b;8-7+. The quantitative estimate of drug-likeness (QED) is 0.263. The summed E-state index contributed by atoms with van der Waals surface area (Å²) in [7, 11) is 1.79. The van der Waals surface area contributed by atoms with Crippen LogP contribution in [0.2, 0.25) is 0 Å². The van der Waals surface area contributed by atoms with Crippen LogP contribution in [0.15, 0.2) is 36.4 Å². The minimum atomic E-state index is -0.407. The lowest BCUT2D eigenvalue weighted by Crippen LogP contribution is -2.89. The number of rotatable bonds is 8. The number of benzene rings is 1. The number of carbonyl (C=O) groups excluding carboxylic acids is 3. The number of hydrogen-bond donors (Lipinski definition) is 4. The Labute approximate surface area is 179 Å². The average molecular weight is 421 g/mol. The molecule has 0 bridgehead atoms. The fourth-order valence-electron chi connectivity index (χ4n) is 3.22. The summed E-state index contributed by atoms with van der Waals surface area (Å²) in [5.41, 5.74) is 2.93. The number of quaternary nitrogens is 3. The lowest BCUT2D eigenvalue weighted by Gasteiger charge is -2.17. The first-order valence-corrected chi connectivity index (χ1v) is 10.9. The van der Waals surface area contributed by atoms with Gasteiger partial charge >= 0.3 is 17.7 Å². The molecule has 1 aliphatic carbocycles. The maximum absolute atomic E-state index is 11.4. The van der Waals surface area contributed by atoms with Gasteiger partial charge in [0.05, 0.1) is 26.4 Å². The minimum Gasteiger partial charge on any atom is -0.283 e. The van der Waals surface area contributed by atoms with E-state index in [1.165, 1.54) is 43.2 Å². The van der Waals surface area contributed by atoms with E-state index in [9.17, 15) is 14.4 Å². The SMILES string of the molecule is C[NH2+]C(=O)/C=C/C1CCCCC1.Cc1ccc(CC[NH2+]C(=O)CCC(=O)[NH2+]O)cc1. The molecule has 7 heteroatoms. The number of hydroxylamine groups is 1. The largest absolute Gasteiger partial charge is 0.342 e. The Morgan fingerprint density at radius 3 is 2.27 bits per heavy atom. The third-order valence-corrected chi connectivity index (χ3v) is 5.15. The van der Waals surface area contributed by atoms with Crippen LogP contribution in [0.4, 0.5) is 0 Å². The van der Waals surface area contributed by atoms with E-state index in [-0.39, 0.29) is 24.7 Å². The molecule has 166 valence electrons. The fourth-order valence-corrected chi connectivity index (χ4v) is 3.22. The molecule has 7 N–H and O–H groups in total. The fraction of sp³-hybridized carbons (Fsp3) is 0.522. The first-order chi connectivity index (χ1) is 14.4. The van der Waals surface area contributed by atoms with Crippen LogP contribution in [0, 0.1) is 12.8 Å². The van der Waals surface area contributed by atoms with E-state index >= 15 is 0 Å². The van der Waals surface area contributed by atoms with Gasteiger partial charge in [-0.15, -0.1) is 5.48 Å². The Morgan fingerprint density at radius 1 is 1.03 bits per heavy atom. The normalized spacial score (nSPS) is 14.2. The van der Waals surface area contributed by atoms with Crippen LogP contribution in [0.25, 0.3) is 0 Å². The van der Waals surface area contributed by atoms with E-state index in [1.807, 2.05) is 19.1 Å². The maximum Gasteiger partial charge on any atom is 0.342 e. The third kappa shape index (κ3) is 12.4.